The fourth-order valence-electron chi connectivity index (χ4n) is 5.12. The fourth-order valence-corrected chi connectivity index (χ4v) is 5.12. The van der Waals surface area contributed by atoms with Crippen LogP contribution in [0.3, 0.4) is 0 Å². The van der Waals surface area contributed by atoms with Gasteiger partial charge in [-0.05, 0) is 54.9 Å². The number of likely N-dealkylation sites (tertiary alicyclic amines) is 2. The number of aromatic nitrogens is 2. The van der Waals surface area contributed by atoms with Crippen molar-refractivity contribution in [1.82, 2.24) is 19.6 Å². The van der Waals surface area contributed by atoms with Gasteiger partial charge in [0.2, 0.25) is 0 Å². The molecule has 3 saturated heterocycles. The second-order valence-corrected chi connectivity index (χ2v) is 8.73. The van der Waals surface area contributed by atoms with Crippen LogP contribution in [0.1, 0.15) is 24.0 Å². The minimum absolute atomic E-state index is 0.0207. The zero-order chi connectivity index (χ0) is 19.1. The minimum Gasteiger partial charge on any atom is -0.372 e. The van der Waals surface area contributed by atoms with E-state index in [9.17, 15) is 4.79 Å². The molecule has 6 heteroatoms. The van der Waals surface area contributed by atoms with Crippen LogP contribution in [0.5, 0.6) is 0 Å². The van der Waals surface area contributed by atoms with Gasteiger partial charge in [-0.15, -0.1) is 0 Å². The molecular weight excluding hydrogens is 350 g/mol. The summed E-state index contributed by atoms with van der Waals surface area (Å²) in [6.45, 7) is 9.24. The van der Waals surface area contributed by atoms with Crippen LogP contribution in [0.25, 0.3) is 0 Å². The molecule has 28 heavy (non-hydrogen) atoms. The van der Waals surface area contributed by atoms with E-state index in [-0.39, 0.29) is 6.03 Å². The third-order valence-electron chi connectivity index (χ3n) is 6.53. The molecule has 0 spiro atoms. The zero-order valence-electron chi connectivity index (χ0n) is 16.6. The second kappa shape index (κ2) is 7.24. The van der Waals surface area contributed by atoms with Crippen LogP contribution in [0.15, 0.2) is 36.7 Å². The predicted octanol–water partition coefficient (Wildman–Crippen LogP) is 2.82. The molecule has 0 bridgehead atoms. The van der Waals surface area contributed by atoms with E-state index in [0.29, 0.717) is 11.8 Å². The predicted molar refractivity (Wildman–Crippen MR) is 109 cm³/mol. The average molecular weight is 380 g/mol. The van der Waals surface area contributed by atoms with Crippen molar-refractivity contribution >= 4 is 11.7 Å². The topological polar surface area (TPSA) is 44.6 Å². The molecule has 1 aromatic carbocycles. The number of anilines is 1. The van der Waals surface area contributed by atoms with E-state index in [1.807, 2.05) is 18.0 Å². The molecule has 2 atom stereocenters. The van der Waals surface area contributed by atoms with Crippen molar-refractivity contribution < 1.29 is 4.79 Å². The minimum atomic E-state index is 0.0207. The number of hydrogen-bond donors (Lipinski definition) is 0. The molecule has 0 aliphatic carbocycles. The lowest BCUT2D eigenvalue weighted by Crippen LogP contribution is -2.36. The molecule has 1 aromatic heterocycles. The highest BCUT2D eigenvalue weighted by atomic mass is 16.2. The summed E-state index contributed by atoms with van der Waals surface area (Å²) in [5, 5.41) is 4.18. The zero-order valence-corrected chi connectivity index (χ0v) is 16.6. The van der Waals surface area contributed by atoms with E-state index in [2.05, 4.69) is 39.2 Å². The molecule has 2 aromatic rings. The largest absolute Gasteiger partial charge is 0.372 e. The Bertz CT molecular complexity index is 842. The van der Waals surface area contributed by atoms with Crippen LogP contribution in [-0.4, -0.2) is 64.9 Å². The highest BCUT2D eigenvalue weighted by Gasteiger charge is 2.41. The Labute approximate surface area is 166 Å². The van der Waals surface area contributed by atoms with Gasteiger partial charge in [-0.1, -0.05) is 12.1 Å². The standard InChI is InChI=1S/C22H29N5O/c1-17-10-23-27(11-17)22(28)26-15-19-13-24(14-20(19)16-26)12-18-5-4-6-21(9-18)25-7-2-3-8-25/h4-6,9-11,19-20H,2-3,7-8,12-16H2,1H3. The average Bonchev–Trinajstić information content (AvgIpc) is 3.45. The van der Waals surface area contributed by atoms with E-state index < -0.39 is 0 Å². The quantitative estimate of drug-likeness (QED) is 0.823. The van der Waals surface area contributed by atoms with Crippen LogP contribution in [-0.2, 0) is 6.54 Å². The van der Waals surface area contributed by atoms with Gasteiger partial charge in [-0.25, -0.2) is 4.79 Å². The molecule has 4 heterocycles. The number of rotatable bonds is 3. The number of benzene rings is 1. The number of nitrogens with zero attached hydrogens (tertiary/aromatic N) is 5. The van der Waals surface area contributed by atoms with Gasteiger partial charge in [0.15, 0.2) is 0 Å². The summed E-state index contributed by atoms with van der Waals surface area (Å²) in [7, 11) is 0. The van der Waals surface area contributed by atoms with Crippen LogP contribution in [0.2, 0.25) is 0 Å². The van der Waals surface area contributed by atoms with Crippen molar-refractivity contribution in [2.75, 3.05) is 44.2 Å². The number of amides is 1. The van der Waals surface area contributed by atoms with Gasteiger partial charge in [-0.2, -0.15) is 9.78 Å². The molecule has 3 aliphatic heterocycles. The molecule has 1 amide bonds. The first-order valence-corrected chi connectivity index (χ1v) is 10.5. The lowest BCUT2D eigenvalue weighted by molar-refractivity contribution is 0.197. The Kier molecular flexibility index (Phi) is 4.59. The first-order valence-electron chi connectivity index (χ1n) is 10.5. The van der Waals surface area contributed by atoms with Crippen molar-refractivity contribution in [3.05, 3.63) is 47.8 Å². The van der Waals surface area contributed by atoms with E-state index in [0.717, 1.165) is 38.3 Å². The summed E-state index contributed by atoms with van der Waals surface area (Å²) in [5.41, 5.74) is 3.81. The van der Waals surface area contributed by atoms with Crippen LogP contribution in [0, 0.1) is 18.8 Å². The van der Waals surface area contributed by atoms with Crippen molar-refractivity contribution in [3.8, 4) is 0 Å². The number of aryl methyl sites for hydroxylation is 1. The van der Waals surface area contributed by atoms with Crippen LogP contribution < -0.4 is 4.90 Å². The van der Waals surface area contributed by atoms with Crippen LogP contribution >= 0.6 is 0 Å². The normalized spacial score (nSPS) is 24.9. The third kappa shape index (κ3) is 3.41. The van der Waals surface area contributed by atoms with E-state index in [1.165, 1.54) is 41.9 Å². The van der Waals surface area contributed by atoms with E-state index >= 15 is 0 Å². The van der Waals surface area contributed by atoms with Crippen molar-refractivity contribution in [1.29, 1.82) is 0 Å². The van der Waals surface area contributed by atoms with Crippen molar-refractivity contribution in [2.24, 2.45) is 11.8 Å². The molecule has 0 N–H and O–H groups in total. The highest BCUT2D eigenvalue weighted by Crippen LogP contribution is 2.32. The van der Waals surface area contributed by atoms with Gasteiger partial charge >= 0.3 is 6.03 Å². The summed E-state index contributed by atoms with van der Waals surface area (Å²) >= 11 is 0. The molecule has 2 unspecified atom stereocenters. The van der Waals surface area contributed by atoms with Gasteiger partial charge in [0, 0.05) is 57.7 Å². The number of hydrogen-bond acceptors (Lipinski definition) is 4. The molecule has 6 nitrogen and oxygen atoms in total. The number of fused-ring (bicyclic) bond motifs is 1. The Morgan fingerprint density at radius 2 is 1.86 bits per heavy atom. The molecule has 5 rings (SSSR count). The molecule has 0 radical (unpaired) electrons. The Hall–Kier alpha value is -2.34. The smallest absolute Gasteiger partial charge is 0.344 e. The SMILES string of the molecule is Cc1cnn(C(=O)N2CC3CN(Cc4cccc(N5CCCC5)c4)CC3C2)c1. The molecule has 148 valence electrons. The number of carbonyl (C=O) groups is 1. The number of carbonyl (C=O) groups excluding carboxylic acids is 1. The van der Waals surface area contributed by atoms with Gasteiger partial charge in [0.1, 0.15) is 0 Å². The fraction of sp³-hybridized carbons (Fsp3) is 0.545. The maximum atomic E-state index is 12.6. The Morgan fingerprint density at radius 3 is 2.54 bits per heavy atom. The lowest BCUT2D eigenvalue weighted by Gasteiger charge is -2.22. The summed E-state index contributed by atoms with van der Waals surface area (Å²) in [5.74, 6) is 1.17. The Balaban J connectivity index is 1.18. The summed E-state index contributed by atoms with van der Waals surface area (Å²) < 4.78 is 1.48. The van der Waals surface area contributed by atoms with Crippen LogP contribution in [0.4, 0.5) is 10.5 Å². The second-order valence-electron chi connectivity index (χ2n) is 8.73. The summed E-state index contributed by atoms with van der Waals surface area (Å²) in [6.07, 6.45) is 6.18. The molecule has 0 saturated carbocycles. The van der Waals surface area contributed by atoms with Gasteiger partial charge in [0.25, 0.3) is 0 Å². The van der Waals surface area contributed by atoms with Gasteiger partial charge < -0.3 is 9.80 Å². The lowest BCUT2D eigenvalue weighted by atomic mass is 10.0. The first-order chi connectivity index (χ1) is 13.7. The highest BCUT2D eigenvalue weighted by molar-refractivity contribution is 5.76. The summed E-state index contributed by atoms with van der Waals surface area (Å²) in [4.78, 5) is 19.7. The van der Waals surface area contributed by atoms with Crippen molar-refractivity contribution in [2.45, 2.75) is 26.3 Å². The van der Waals surface area contributed by atoms with Crippen molar-refractivity contribution in [3.63, 3.8) is 0 Å². The van der Waals surface area contributed by atoms with E-state index in [1.54, 1.807) is 6.20 Å². The molecule has 3 fully saturated rings. The molecule has 3 aliphatic rings. The van der Waals surface area contributed by atoms with Gasteiger partial charge in [0.05, 0.1) is 6.20 Å². The van der Waals surface area contributed by atoms with Gasteiger partial charge in [-0.3, -0.25) is 4.90 Å². The molecular formula is C22H29N5O. The Morgan fingerprint density at radius 1 is 1.11 bits per heavy atom. The summed E-state index contributed by atoms with van der Waals surface area (Å²) in [6, 6.07) is 9.09. The van der Waals surface area contributed by atoms with E-state index in [4.69, 9.17) is 0 Å². The third-order valence-corrected chi connectivity index (χ3v) is 6.53. The maximum absolute atomic E-state index is 12.6. The first kappa shape index (κ1) is 17.7. The monoisotopic (exact) mass is 379 g/mol. The maximum Gasteiger partial charge on any atom is 0.344 e.